The summed E-state index contributed by atoms with van der Waals surface area (Å²) in [5.74, 6) is -1.59. The smallest absolute Gasteiger partial charge is 0.337 e. The number of methoxy groups -OCH3 is 1. The lowest BCUT2D eigenvalue weighted by atomic mass is 9.81. The number of esters is 1. The zero-order valence-electron chi connectivity index (χ0n) is 15.1. The predicted molar refractivity (Wildman–Crippen MR) is 86.7 cm³/mol. The minimum atomic E-state index is -1.60. The van der Waals surface area contributed by atoms with Crippen molar-refractivity contribution in [2.24, 2.45) is 11.8 Å². The molecule has 5 N–H and O–H groups in total. The van der Waals surface area contributed by atoms with Crippen LogP contribution in [0.3, 0.4) is 0 Å². The molecular weight excluding hydrogens is 364 g/mol. The Labute approximate surface area is 155 Å². The van der Waals surface area contributed by atoms with Gasteiger partial charge in [-0.25, -0.2) is 4.79 Å². The molecule has 3 rings (SSSR count). The number of carbonyl (C=O) groups excluding carboxylic acids is 1. The molecular formula is C17H26O10. The Morgan fingerprint density at radius 1 is 1.26 bits per heavy atom. The lowest BCUT2D eigenvalue weighted by molar-refractivity contribution is -0.346. The fourth-order valence-corrected chi connectivity index (χ4v) is 4.12. The summed E-state index contributed by atoms with van der Waals surface area (Å²) in [7, 11) is 1.25. The lowest BCUT2D eigenvalue weighted by Gasteiger charge is -2.44. The summed E-state index contributed by atoms with van der Waals surface area (Å²) >= 11 is 0. The Bertz CT molecular complexity index is 588. The predicted octanol–water partition coefficient (Wildman–Crippen LogP) is -2.01. The van der Waals surface area contributed by atoms with E-state index in [1.54, 1.807) is 6.92 Å². The van der Waals surface area contributed by atoms with Crippen LogP contribution in [0.4, 0.5) is 0 Å². The van der Waals surface area contributed by atoms with E-state index in [9.17, 15) is 30.3 Å². The average molecular weight is 390 g/mol. The standard InChI is InChI=1S/C17H26O10/c1-17(23)4-3-7-8(14(22)24-2)6-25-15(10(7)17)27-16-13(21)12(20)11(19)9(5-18)26-16/h6-7,9-13,15-16,18-21,23H,3-5H2,1-2H3/t7-,9-,10+,11-,12+,13-,15+,16+,17+/m1/s1. The van der Waals surface area contributed by atoms with Crippen molar-refractivity contribution in [2.45, 2.75) is 62.4 Å². The van der Waals surface area contributed by atoms with E-state index in [1.807, 2.05) is 0 Å². The van der Waals surface area contributed by atoms with Crippen LogP contribution in [0.1, 0.15) is 19.8 Å². The van der Waals surface area contributed by atoms with Crippen LogP contribution in [0.25, 0.3) is 0 Å². The average Bonchev–Trinajstić information content (AvgIpc) is 2.97. The van der Waals surface area contributed by atoms with E-state index in [2.05, 4.69) is 0 Å². The molecule has 0 radical (unpaired) electrons. The molecule has 1 saturated heterocycles. The van der Waals surface area contributed by atoms with Gasteiger partial charge in [-0.05, 0) is 19.8 Å². The van der Waals surface area contributed by atoms with Gasteiger partial charge in [-0.3, -0.25) is 0 Å². The molecule has 0 aromatic carbocycles. The summed E-state index contributed by atoms with van der Waals surface area (Å²) < 4.78 is 21.3. The summed E-state index contributed by atoms with van der Waals surface area (Å²) in [6.07, 6.45) is -6.19. The number of aliphatic hydroxyl groups is 5. The summed E-state index contributed by atoms with van der Waals surface area (Å²) in [6, 6.07) is 0. The summed E-state index contributed by atoms with van der Waals surface area (Å²) in [6.45, 7) is 1.01. The van der Waals surface area contributed by atoms with Crippen LogP contribution in [0.2, 0.25) is 0 Å². The number of carbonyl (C=O) groups is 1. The number of rotatable bonds is 4. The SMILES string of the molecule is COC(=O)C1=CO[C@@H](O[C@@H]2O[C@H](CO)[C@@H](O)[C@H](O)[C@H]2O)[C@@H]2[C@@H]1CC[C@]2(C)O. The number of aliphatic hydroxyl groups excluding tert-OH is 4. The summed E-state index contributed by atoms with van der Waals surface area (Å²) in [5, 5.41) is 49.9. The molecule has 9 atom stereocenters. The quantitative estimate of drug-likeness (QED) is 0.340. The Balaban J connectivity index is 1.82. The van der Waals surface area contributed by atoms with Crippen LogP contribution in [0.5, 0.6) is 0 Å². The summed E-state index contributed by atoms with van der Waals surface area (Å²) in [5.41, 5.74) is -0.925. The maximum Gasteiger partial charge on any atom is 0.337 e. The van der Waals surface area contributed by atoms with Crippen LogP contribution in [-0.4, -0.2) is 87.8 Å². The molecule has 154 valence electrons. The molecule has 0 aromatic rings. The van der Waals surface area contributed by atoms with Crippen molar-refractivity contribution in [2.75, 3.05) is 13.7 Å². The van der Waals surface area contributed by atoms with Crippen LogP contribution < -0.4 is 0 Å². The highest BCUT2D eigenvalue weighted by Gasteiger charge is 2.56. The number of hydrogen-bond donors (Lipinski definition) is 5. The van der Waals surface area contributed by atoms with Crippen molar-refractivity contribution in [1.82, 2.24) is 0 Å². The molecule has 2 aliphatic heterocycles. The molecule has 27 heavy (non-hydrogen) atoms. The second-order valence-electron chi connectivity index (χ2n) is 7.43. The van der Waals surface area contributed by atoms with Crippen LogP contribution in [-0.2, 0) is 23.7 Å². The van der Waals surface area contributed by atoms with E-state index < -0.39 is 61.1 Å². The molecule has 0 spiro atoms. The molecule has 0 amide bonds. The molecule has 2 fully saturated rings. The fourth-order valence-electron chi connectivity index (χ4n) is 4.12. The molecule has 0 bridgehead atoms. The molecule has 1 aliphatic carbocycles. The number of ether oxygens (including phenoxy) is 4. The third-order valence-electron chi connectivity index (χ3n) is 5.67. The minimum absolute atomic E-state index is 0.286. The number of fused-ring (bicyclic) bond motifs is 1. The summed E-state index contributed by atoms with van der Waals surface area (Å²) in [4.78, 5) is 12.0. The molecule has 2 heterocycles. The first-order valence-electron chi connectivity index (χ1n) is 8.83. The van der Waals surface area contributed by atoms with Gasteiger partial charge in [0.1, 0.15) is 24.4 Å². The van der Waals surface area contributed by atoms with Gasteiger partial charge in [0.15, 0.2) is 6.29 Å². The molecule has 10 heteroatoms. The van der Waals surface area contributed by atoms with Crippen molar-refractivity contribution in [3.8, 4) is 0 Å². The van der Waals surface area contributed by atoms with Gasteiger partial charge in [0.05, 0.1) is 37.1 Å². The van der Waals surface area contributed by atoms with Gasteiger partial charge >= 0.3 is 5.97 Å². The van der Waals surface area contributed by atoms with Gasteiger partial charge < -0.3 is 44.5 Å². The Kier molecular flexibility index (Phi) is 5.78. The van der Waals surface area contributed by atoms with E-state index in [4.69, 9.17) is 18.9 Å². The van der Waals surface area contributed by atoms with Crippen LogP contribution in [0.15, 0.2) is 11.8 Å². The van der Waals surface area contributed by atoms with Crippen LogP contribution in [0, 0.1) is 11.8 Å². The maximum absolute atomic E-state index is 12.0. The zero-order valence-corrected chi connectivity index (χ0v) is 15.1. The van der Waals surface area contributed by atoms with Crippen molar-refractivity contribution in [3.63, 3.8) is 0 Å². The third-order valence-corrected chi connectivity index (χ3v) is 5.67. The topological polar surface area (TPSA) is 155 Å². The van der Waals surface area contributed by atoms with E-state index in [0.29, 0.717) is 12.8 Å². The van der Waals surface area contributed by atoms with Crippen molar-refractivity contribution in [3.05, 3.63) is 11.8 Å². The van der Waals surface area contributed by atoms with Gasteiger partial charge in [0.25, 0.3) is 0 Å². The van der Waals surface area contributed by atoms with E-state index in [-0.39, 0.29) is 11.5 Å². The van der Waals surface area contributed by atoms with Gasteiger partial charge in [-0.1, -0.05) is 0 Å². The molecule has 1 saturated carbocycles. The molecule has 0 aromatic heterocycles. The van der Waals surface area contributed by atoms with Crippen molar-refractivity contribution < 1.29 is 49.3 Å². The van der Waals surface area contributed by atoms with E-state index in [1.165, 1.54) is 13.4 Å². The van der Waals surface area contributed by atoms with Gasteiger partial charge in [0.2, 0.25) is 6.29 Å². The second-order valence-corrected chi connectivity index (χ2v) is 7.43. The van der Waals surface area contributed by atoms with Gasteiger partial charge in [-0.15, -0.1) is 0 Å². The first-order chi connectivity index (χ1) is 12.7. The lowest BCUT2D eigenvalue weighted by Crippen LogP contribution is -2.60. The van der Waals surface area contributed by atoms with E-state index in [0.717, 1.165) is 0 Å². The second kappa shape index (κ2) is 7.63. The third kappa shape index (κ3) is 3.58. The number of hydrogen-bond acceptors (Lipinski definition) is 10. The Morgan fingerprint density at radius 3 is 2.59 bits per heavy atom. The molecule has 3 aliphatic rings. The van der Waals surface area contributed by atoms with Crippen LogP contribution >= 0.6 is 0 Å². The molecule has 10 nitrogen and oxygen atoms in total. The van der Waals surface area contributed by atoms with Crippen molar-refractivity contribution in [1.29, 1.82) is 0 Å². The van der Waals surface area contributed by atoms with Crippen molar-refractivity contribution >= 4 is 5.97 Å². The van der Waals surface area contributed by atoms with E-state index >= 15 is 0 Å². The highest BCUT2D eigenvalue weighted by molar-refractivity contribution is 5.89. The normalized spacial score (nSPS) is 47.0. The Hall–Kier alpha value is -1.27. The Morgan fingerprint density at radius 2 is 1.96 bits per heavy atom. The highest BCUT2D eigenvalue weighted by atomic mass is 16.8. The largest absolute Gasteiger partial charge is 0.471 e. The van der Waals surface area contributed by atoms with Gasteiger partial charge in [0, 0.05) is 5.92 Å². The monoisotopic (exact) mass is 390 g/mol. The maximum atomic E-state index is 12.0. The first-order valence-corrected chi connectivity index (χ1v) is 8.83. The van der Waals surface area contributed by atoms with Gasteiger partial charge in [-0.2, -0.15) is 0 Å². The zero-order chi connectivity index (χ0) is 19.9. The fraction of sp³-hybridized carbons (Fsp3) is 0.824. The first kappa shape index (κ1) is 20.5. The minimum Gasteiger partial charge on any atom is -0.471 e. The highest BCUT2D eigenvalue weighted by Crippen LogP contribution is 2.49. The molecule has 0 unspecified atom stereocenters.